The Labute approximate surface area is 242 Å². The summed E-state index contributed by atoms with van der Waals surface area (Å²) in [5.41, 5.74) is 10.8. The highest BCUT2D eigenvalue weighted by Crippen LogP contribution is 2.33. The van der Waals surface area contributed by atoms with E-state index in [1.807, 2.05) is 37.4 Å². The maximum absolute atomic E-state index is 11.1. The van der Waals surface area contributed by atoms with Crippen LogP contribution in [0.25, 0.3) is 11.1 Å². The number of aryl methyl sites for hydroxylation is 1. The second kappa shape index (κ2) is 22.6. The fourth-order valence-electron chi connectivity index (χ4n) is 4.48. The molecule has 0 saturated heterocycles. The Kier molecular flexibility index (Phi) is 19.7. The van der Waals surface area contributed by atoms with Crippen LogP contribution in [-0.4, -0.2) is 25.1 Å². The fourth-order valence-corrected chi connectivity index (χ4v) is 4.48. The summed E-state index contributed by atoms with van der Waals surface area (Å²) in [6.07, 6.45) is 17.9. The van der Waals surface area contributed by atoms with Gasteiger partial charge in [0.25, 0.3) is 0 Å². The molecular formula is C35H53N3O2. The molecule has 1 aliphatic carbocycles. The lowest BCUT2D eigenvalue weighted by Crippen LogP contribution is -2.07. The van der Waals surface area contributed by atoms with Crippen molar-refractivity contribution in [2.24, 2.45) is 5.73 Å². The SMILES string of the molecule is C=C/C=C(\C=C)CCCNC.CCC.NCCCc1ccccc1.O=c1[nH]c2ccc(C3CCCCC3)cc2o1. The van der Waals surface area contributed by atoms with E-state index in [0.29, 0.717) is 11.5 Å². The minimum Gasteiger partial charge on any atom is -0.408 e. The van der Waals surface area contributed by atoms with Crippen molar-refractivity contribution in [3.05, 3.63) is 107 Å². The number of H-pyrrole nitrogens is 1. The van der Waals surface area contributed by atoms with Crippen LogP contribution >= 0.6 is 0 Å². The van der Waals surface area contributed by atoms with Crippen molar-refractivity contribution in [2.75, 3.05) is 20.1 Å². The van der Waals surface area contributed by atoms with Gasteiger partial charge in [-0.25, -0.2) is 4.79 Å². The number of aromatic amines is 1. The number of nitrogens with two attached hydrogens (primary N) is 1. The molecule has 0 atom stereocenters. The number of oxazole rings is 1. The molecule has 0 unspecified atom stereocenters. The summed E-state index contributed by atoms with van der Waals surface area (Å²) in [7, 11) is 1.96. The van der Waals surface area contributed by atoms with Gasteiger partial charge in [-0.1, -0.05) is 107 Å². The molecule has 5 heteroatoms. The van der Waals surface area contributed by atoms with Crippen LogP contribution in [0.5, 0.6) is 0 Å². The quantitative estimate of drug-likeness (QED) is 0.176. The van der Waals surface area contributed by atoms with Crippen molar-refractivity contribution in [3.8, 4) is 0 Å². The monoisotopic (exact) mass is 547 g/mol. The molecule has 5 nitrogen and oxygen atoms in total. The van der Waals surface area contributed by atoms with E-state index < -0.39 is 0 Å². The molecule has 1 heterocycles. The van der Waals surface area contributed by atoms with Crippen LogP contribution in [0.15, 0.2) is 94.7 Å². The Balaban J connectivity index is 0.000000296. The van der Waals surface area contributed by atoms with E-state index in [9.17, 15) is 4.79 Å². The van der Waals surface area contributed by atoms with Crippen molar-refractivity contribution >= 4 is 11.1 Å². The van der Waals surface area contributed by atoms with Gasteiger partial charge in [-0.05, 0) is 93.4 Å². The van der Waals surface area contributed by atoms with Gasteiger partial charge < -0.3 is 15.5 Å². The zero-order valence-corrected chi connectivity index (χ0v) is 25.2. The van der Waals surface area contributed by atoms with Crippen LogP contribution in [0.1, 0.15) is 88.7 Å². The smallest absolute Gasteiger partial charge is 0.408 e. The van der Waals surface area contributed by atoms with Gasteiger partial charge in [0.1, 0.15) is 0 Å². The van der Waals surface area contributed by atoms with Crippen LogP contribution in [0, 0.1) is 0 Å². The van der Waals surface area contributed by atoms with Crippen molar-refractivity contribution in [2.45, 2.75) is 84.0 Å². The van der Waals surface area contributed by atoms with Crippen molar-refractivity contribution in [3.63, 3.8) is 0 Å². The second-order valence-electron chi connectivity index (χ2n) is 10.1. The second-order valence-corrected chi connectivity index (χ2v) is 10.1. The summed E-state index contributed by atoms with van der Waals surface area (Å²) >= 11 is 0. The van der Waals surface area contributed by atoms with Crippen LogP contribution in [-0.2, 0) is 6.42 Å². The number of rotatable bonds is 10. The molecule has 1 fully saturated rings. The number of hydrogen-bond acceptors (Lipinski definition) is 4. The first-order chi connectivity index (χ1) is 19.5. The van der Waals surface area contributed by atoms with Crippen LogP contribution in [0.3, 0.4) is 0 Å². The van der Waals surface area contributed by atoms with E-state index >= 15 is 0 Å². The first kappa shape index (κ1) is 34.9. The topological polar surface area (TPSA) is 84.0 Å². The highest BCUT2D eigenvalue weighted by atomic mass is 16.4. The summed E-state index contributed by atoms with van der Waals surface area (Å²) in [6.45, 7) is 13.5. The Morgan fingerprint density at radius 3 is 2.38 bits per heavy atom. The van der Waals surface area contributed by atoms with Crippen LogP contribution in [0.4, 0.5) is 0 Å². The molecule has 220 valence electrons. The zero-order valence-electron chi connectivity index (χ0n) is 25.2. The molecular weight excluding hydrogens is 494 g/mol. The summed E-state index contributed by atoms with van der Waals surface area (Å²) in [4.78, 5) is 13.7. The molecule has 0 amide bonds. The zero-order chi connectivity index (χ0) is 29.4. The number of fused-ring (bicyclic) bond motifs is 1. The Morgan fingerprint density at radius 2 is 1.77 bits per heavy atom. The number of hydrogen-bond donors (Lipinski definition) is 3. The minimum atomic E-state index is -0.365. The minimum absolute atomic E-state index is 0.365. The average Bonchev–Trinajstić information content (AvgIpc) is 3.37. The lowest BCUT2D eigenvalue weighted by molar-refractivity contribution is 0.443. The van der Waals surface area contributed by atoms with Gasteiger partial charge in [-0.3, -0.25) is 4.98 Å². The fraction of sp³-hybridized carbons (Fsp3) is 0.457. The number of allylic oxidation sites excluding steroid dienone is 4. The van der Waals surface area contributed by atoms with E-state index in [-0.39, 0.29) is 5.76 Å². The first-order valence-electron chi connectivity index (χ1n) is 15.0. The number of aromatic nitrogens is 1. The van der Waals surface area contributed by atoms with Crippen molar-refractivity contribution in [1.82, 2.24) is 10.3 Å². The normalized spacial score (nSPS) is 13.2. The molecule has 4 N–H and O–H groups in total. The lowest BCUT2D eigenvalue weighted by atomic mass is 9.84. The van der Waals surface area contributed by atoms with E-state index in [2.05, 4.69) is 67.6 Å². The molecule has 0 spiro atoms. The van der Waals surface area contributed by atoms with E-state index in [4.69, 9.17) is 10.2 Å². The molecule has 40 heavy (non-hydrogen) atoms. The summed E-state index contributed by atoms with van der Waals surface area (Å²) in [5, 5.41) is 3.10. The maximum Gasteiger partial charge on any atom is 0.417 e. The van der Waals surface area contributed by atoms with Crippen molar-refractivity contribution < 1.29 is 4.42 Å². The molecule has 1 aromatic heterocycles. The van der Waals surface area contributed by atoms with Crippen molar-refractivity contribution in [1.29, 1.82) is 0 Å². The molecule has 4 rings (SSSR count). The largest absolute Gasteiger partial charge is 0.417 e. The Morgan fingerprint density at radius 1 is 1.07 bits per heavy atom. The van der Waals surface area contributed by atoms with Gasteiger partial charge in [0.2, 0.25) is 0 Å². The summed E-state index contributed by atoms with van der Waals surface area (Å²) in [5.74, 6) is 0.286. The average molecular weight is 548 g/mol. The predicted octanol–water partition coefficient (Wildman–Crippen LogP) is 8.45. The molecule has 0 radical (unpaired) electrons. The van der Waals surface area contributed by atoms with Gasteiger partial charge in [-0.2, -0.15) is 0 Å². The Hall–Kier alpha value is -3.15. The molecule has 2 aromatic carbocycles. The van der Waals surface area contributed by atoms with E-state index in [1.54, 1.807) is 6.08 Å². The highest BCUT2D eigenvalue weighted by Gasteiger charge is 2.16. The van der Waals surface area contributed by atoms with Crippen LogP contribution < -0.4 is 16.8 Å². The third kappa shape index (κ3) is 14.9. The predicted molar refractivity (Wildman–Crippen MR) is 174 cm³/mol. The van der Waals surface area contributed by atoms with Gasteiger partial charge in [0, 0.05) is 0 Å². The third-order valence-corrected chi connectivity index (χ3v) is 6.52. The number of nitrogens with one attached hydrogen (secondary N) is 2. The lowest BCUT2D eigenvalue weighted by Gasteiger charge is -2.21. The van der Waals surface area contributed by atoms with E-state index in [1.165, 1.54) is 55.2 Å². The van der Waals surface area contributed by atoms with Crippen LogP contribution in [0.2, 0.25) is 0 Å². The summed E-state index contributed by atoms with van der Waals surface area (Å²) < 4.78 is 5.09. The van der Waals surface area contributed by atoms with Gasteiger partial charge in [0.05, 0.1) is 5.52 Å². The van der Waals surface area contributed by atoms with Gasteiger partial charge in [-0.15, -0.1) is 0 Å². The Bertz CT molecular complexity index is 1140. The maximum atomic E-state index is 11.1. The van der Waals surface area contributed by atoms with Gasteiger partial charge in [0.15, 0.2) is 5.58 Å². The standard InChI is InChI=1S/C13H15NO2.C10H17N.C9H13N.C3H8/c15-13-14-11-7-6-10(8-12(11)16-13)9-4-2-1-3-5-9;1-4-7-10(5-2)8-6-9-11-3;10-8-4-7-9-5-2-1-3-6-9;1-3-2/h6-9H,1-5H2,(H,14,15);4-5,7,11H,1-2,6,8-9H2,3H3;1-3,5-6H,4,7-8,10H2;3H2,1-2H3/b;10-7+;;. The molecule has 3 aromatic rings. The number of benzene rings is 2. The highest BCUT2D eigenvalue weighted by molar-refractivity contribution is 5.72. The van der Waals surface area contributed by atoms with Gasteiger partial charge >= 0.3 is 5.76 Å². The third-order valence-electron chi connectivity index (χ3n) is 6.52. The summed E-state index contributed by atoms with van der Waals surface area (Å²) in [6, 6.07) is 16.5. The molecule has 1 saturated carbocycles. The molecule has 1 aliphatic rings. The molecule has 0 aliphatic heterocycles. The molecule has 0 bridgehead atoms. The first-order valence-corrected chi connectivity index (χ1v) is 15.0. The van der Waals surface area contributed by atoms with E-state index in [0.717, 1.165) is 44.3 Å².